The van der Waals surface area contributed by atoms with Gasteiger partial charge in [0.05, 0.1) is 10.9 Å². The number of aromatic amines is 1. The third-order valence-electron chi connectivity index (χ3n) is 7.28. The number of fused-ring (bicyclic) bond motifs is 2. The summed E-state index contributed by atoms with van der Waals surface area (Å²) in [6.45, 7) is 4.72. The van der Waals surface area contributed by atoms with Crippen LogP contribution in [0.15, 0.2) is 29.1 Å². The second-order valence-corrected chi connectivity index (χ2v) is 9.57. The maximum atomic E-state index is 13.2. The van der Waals surface area contributed by atoms with Crippen LogP contribution in [-0.2, 0) is 16.0 Å². The number of para-hydroxylation sites is 1. The molecular weight excluding hydrogens is 416 g/mol. The summed E-state index contributed by atoms with van der Waals surface area (Å²) >= 11 is 0. The molecule has 1 N–H and O–H groups in total. The molecule has 0 unspecified atom stereocenters. The fraction of sp³-hybridized carbons (Fsp3) is 0.654. The second-order valence-electron chi connectivity index (χ2n) is 9.57. The predicted octanol–water partition coefficient (Wildman–Crippen LogP) is 3.38. The molecule has 180 valence electrons. The molecule has 3 heterocycles. The van der Waals surface area contributed by atoms with E-state index in [0.717, 1.165) is 19.5 Å². The van der Waals surface area contributed by atoms with Crippen LogP contribution in [0.5, 0.6) is 0 Å². The standard InChI is InChI=1S/C26H38N4O3/c1-33-18-8-17-30(19-20-9-7-16-29-15-5-4-12-23(20)29)25(31)14-6-13-24-27-22-11-3-2-10-21(22)26(32)28-24/h2-3,10-11,20,23H,4-9,12-19H2,1H3,(H,27,28,32)/t20-,23-/m0/s1. The van der Waals surface area contributed by atoms with Gasteiger partial charge in [-0.3, -0.25) is 9.59 Å². The Hall–Kier alpha value is -2.25. The van der Waals surface area contributed by atoms with Crippen LogP contribution in [0.4, 0.5) is 0 Å². The number of carbonyl (C=O) groups excluding carboxylic acids is 1. The summed E-state index contributed by atoms with van der Waals surface area (Å²) in [7, 11) is 1.71. The Morgan fingerprint density at radius 2 is 2.03 bits per heavy atom. The Kier molecular flexibility index (Phi) is 8.51. The van der Waals surface area contributed by atoms with E-state index < -0.39 is 0 Å². The van der Waals surface area contributed by atoms with Gasteiger partial charge < -0.3 is 19.5 Å². The Balaban J connectivity index is 1.35. The average molecular weight is 455 g/mol. The summed E-state index contributed by atoms with van der Waals surface area (Å²) in [4.78, 5) is 37.7. The molecule has 2 aliphatic heterocycles. The van der Waals surface area contributed by atoms with E-state index >= 15 is 0 Å². The Bertz CT molecular complexity index is 973. The van der Waals surface area contributed by atoms with Crippen molar-refractivity contribution in [1.29, 1.82) is 0 Å². The molecule has 0 saturated carbocycles. The number of methoxy groups -OCH3 is 1. The molecule has 2 aliphatic rings. The molecule has 2 aromatic rings. The number of rotatable bonds is 10. The quantitative estimate of drug-likeness (QED) is 0.557. The van der Waals surface area contributed by atoms with Crippen LogP contribution < -0.4 is 5.56 Å². The highest BCUT2D eigenvalue weighted by Crippen LogP contribution is 2.31. The van der Waals surface area contributed by atoms with Crippen LogP contribution in [0.3, 0.4) is 0 Å². The number of H-pyrrole nitrogens is 1. The van der Waals surface area contributed by atoms with Crippen molar-refractivity contribution in [2.75, 3.05) is 39.9 Å². The van der Waals surface area contributed by atoms with Crippen molar-refractivity contribution in [2.24, 2.45) is 5.92 Å². The van der Waals surface area contributed by atoms with Crippen LogP contribution >= 0.6 is 0 Å². The average Bonchev–Trinajstić information content (AvgIpc) is 2.83. The minimum atomic E-state index is -0.113. The molecule has 2 atom stereocenters. The molecule has 1 amide bonds. The van der Waals surface area contributed by atoms with Crippen molar-refractivity contribution in [3.05, 3.63) is 40.4 Å². The number of piperidine rings is 2. The zero-order valence-electron chi connectivity index (χ0n) is 19.9. The lowest BCUT2D eigenvalue weighted by atomic mass is 9.83. The minimum absolute atomic E-state index is 0.113. The molecule has 0 spiro atoms. The van der Waals surface area contributed by atoms with Gasteiger partial charge in [0, 0.05) is 45.7 Å². The second kappa shape index (κ2) is 11.7. The van der Waals surface area contributed by atoms with E-state index in [1.807, 2.05) is 18.2 Å². The topological polar surface area (TPSA) is 78.5 Å². The van der Waals surface area contributed by atoms with Gasteiger partial charge in [-0.2, -0.15) is 0 Å². The zero-order chi connectivity index (χ0) is 23.0. The van der Waals surface area contributed by atoms with E-state index in [1.165, 1.54) is 45.2 Å². The summed E-state index contributed by atoms with van der Waals surface area (Å²) in [6.07, 6.45) is 8.97. The number of carbonyl (C=O) groups is 1. The smallest absolute Gasteiger partial charge is 0.258 e. The van der Waals surface area contributed by atoms with E-state index in [-0.39, 0.29) is 11.5 Å². The highest BCUT2D eigenvalue weighted by Gasteiger charge is 2.34. The molecule has 4 rings (SSSR count). The lowest BCUT2D eigenvalue weighted by molar-refractivity contribution is -0.133. The molecular formula is C26H38N4O3. The van der Waals surface area contributed by atoms with Crippen molar-refractivity contribution in [3.63, 3.8) is 0 Å². The Morgan fingerprint density at radius 1 is 1.18 bits per heavy atom. The van der Waals surface area contributed by atoms with Crippen molar-refractivity contribution < 1.29 is 9.53 Å². The van der Waals surface area contributed by atoms with Gasteiger partial charge in [-0.1, -0.05) is 18.6 Å². The molecule has 1 aromatic carbocycles. The maximum Gasteiger partial charge on any atom is 0.258 e. The van der Waals surface area contributed by atoms with Gasteiger partial charge in [0.2, 0.25) is 5.91 Å². The van der Waals surface area contributed by atoms with Crippen LogP contribution in [0, 0.1) is 5.92 Å². The van der Waals surface area contributed by atoms with Gasteiger partial charge in [0.1, 0.15) is 5.82 Å². The maximum absolute atomic E-state index is 13.2. The number of nitrogens with zero attached hydrogens (tertiary/aromatic N) is 3. The van der Waals surface area contributed by atoms with E-state index in [2.05, 4.69) is 19.8 Å². The fourth-order valence-corrected chi connectivity index (χ4v) is 5.61. The van der Waals surface area contributed by atoms with Crippen molar-refractivity contribution in [3.8, 4) is 0 Å². The number of amides is 1. The Labute approximate surface area is 196 Å². The third-order valence-corrected chi connectivity index (χ3v) is 7.28. The largest absolute Gasteiger partial charge is 0.385 e. The van der Waals surface area contributed by atoms with Gasteiger partial charge in [-0.05, 0) is 69.7 Å². The SMILES string of the molecule is COCCCN(C[C@@H]1CCCN2CCCC[C@@H]12)C(=O)CCCc1nc2ccccc2c(=O)[nH]1. The first-order valence-electron chi connectivity index (χ1n) is 12.6. The van der Waals surface area contributed by atoms with Gasteiger partial charge in [0.15, 0.2) is 0 Å². The molecule has 1 aromatic heterocycles. The van der Waals surface area contributed by atoms with Gasteiger partial charge >= 0.3 is 0 Å². The highest BCUT2D eigenvalue weighted by molar-refractivity contribution is 5.77. The zero-order valence-corrected chi connectivity index (χ0v) is 19.9. The number of ether oxygens (including phenoxy) is 1. The molecule has 2 fully saturated rings. The van der Waals surface area contributed by atoms with Crippen molar-refractivity contribution in [2.45, 2.75) is 63.8 Å². The molecule has 7 nitrogen and oxygen atoms in total. The lowest BCUT2D eigenvalue weighted by Gasteiger charge is -2.45. The lowest BCUT2D eigenvalue weighted by Crippen LogP contribution is -2.51. The van der Waals surface area contributed by atoms with Crippen LogP contribution in [0.2, 0.25) is 0 Å². The fourth-order valence-electron chi connectivity index (χ4n) is 5.61. The number of nitrogens with one attached hydrogen (secondary N) is 1. The summed E-state index contributed by atoms with van der Waals surface area (Å²) in [5.41, 5.74) is 0.593. The molecule has 7 heteroatoms. The third kappa shape index (κ3) is 6.21. The monoisotopic (exact) mass is 454 g/mol. The first kappa shape index (κ1) is 23.9. The molecule has 0 aliphatic carbocycles. The van der Waals surface area contributed by atoms with Gasteiger partial charge in [-0.25, -0.2) is 4.98 Å². The Morgan fingerprint density at radius 3 is 2.91 bits per heavy atom. The molecule has 0 radical (unpaired) electrons. The van der Waals surface area contributed by atoms with E-state index in [4.69, 9.17) is 4.74 Å². The number of hydrogen-bond acceptors (Lipinski definition) is 5. The van der Waals surface area contributed by atoms with E-state index in [9.17, 15) is 9.59 Å². The highest BCUT2D eigenvalue weighted by atomic mass is 16.5. The van der Waals surface area contributed by atoms with Crippen LogP contribution in [-0.4, -0.2) is 71.6 Å². The normalized spacial score (nSPS) is 21.1. The summed E-state index contributed by atoms with van der Waals surface area (Å²) < 4.78 is 5.24. The number of aromatic nitrogens is 2. The summed E-state index contributed by atoms with van der Waals surface area (Å²) in [5.74, 6) is 1.44. The van der Waals surface area contributed by atoms with E-state index in [1.54, 1.807) is 13.2 Å². The van der Waals surface area contributed by atoms with Gasteiger partial charge in [-0.15, -0.1) is 0 Å². The molecule has 0 bridgehead atoms. The predicted molar refractivity (Wildman–Crippen MR) is 130 cm³/mol. The number of benzene rings is 1. The van der Waals surface area contributed by atoms with Gasteiger partial charge in [0.25, 0.3) is 5.56 Å². The number of aryl methyl sites for hydroxylation is 1. The summed E-state index contributed by atoms with van der Waals surface area (Å²) in [6, 6.07) is 8.01. The molecule has 2 saturated heterocycles. The van der Waals surface area contributed by atoms with Crippen LogP contribution in [0.1, 0.15) is 57.2 Å². The minimum Gasteiger partial charge on any atom is -0.385 e. The number of hydrogen-bond donors (Lipinski definition) is 1. The van der Waals surface area contributed by atoms with Crippen LogP contribution in [0.25, 0.3) is 10.9 Å². The summed E-state index contributed by atoms with van der Waals surface area (Å²) in [5, 5.41) is 0.603. The molecule has 33 heavy (non-hydrogen) atoms. The van der Waals surface area contributed by atoms with Crippen molar-refractivity contribution in [1.82, 2.24) is 19.8 Å². The van der Waals surface area contributed by atoms with Crippen molar-refractivity contribution >= 4 is 16.8 Å². The first-order valence-corrected chi connectivity index (χ1v) is 12.6. The first-order chi connectivity index (χ1) is 16.2. The van der Waals surface area contributed by atoms with E-state index in [0.29, 0.717) is 54.6 Å².